The lowest BCUT2D eigenvalue weighted by molar-refractivity contribution is -0.124. The number of fused-ring (bicyclic) bond motifs is 2. The van der Waals surface area contributed by atoms with Crippen LogP contribution in [0.3, 0.4) is 0 Å². The zero-order valence-corrected chi connectivity index (χ0v) is 9.47. The second-order valence-corrected chi connectivity index (χ2v) is 5.54. The molecule has 0 aromatic heterocycles. The predicted octanol–water partition coefficient (Wildman–Crippen LogP) is 3.35. The van der Waals surface area contributed by atoms with Gasteiger partial charge in [0.2, 0.25) is 0 Å². The Balaban J connectivity index is 2.26. The van der Waals surface area contributed by atoms with Crippen LogP contribution in [0.2, 0.25) is 0 Å². The quantitative estimate of drug-likeness (QED) is 0.538. The molecule has 0 heterocycles. The minimum atomic E-state index is 0.355. The smallest absolute Gasteiger partial charge is 0.161 e. The lowest BCUT2D eigenvalue weighted by Crippen LogP contribution is -2.40. The average molecular weight is 192 g/mol. The van der Waals surface area contributed by atoms with Crippen LogP contribution in [0, 0.1) is 17.3 Å². The van der Waals surface area contributed by atoms with Gasteiger partial charge in [-0.05, 0) is 49.5 Å². The minimum absolute atomic E-state index is 0.355. The third-order valence-corrected chi connectivity index (χ3v) is 4.31. The minimum Gasteiger partial charge on any atom is -0.294 e. The Morgan fingerprint density at radius 3 is 2.79 bits per heavy atom. The van der Waals surface area contributed by atoms with Crippen LogP contribution in [0.4, 0.5) is 0 Å². The summed E-state index contributed by atoms with van der Waals surface area (Å²) in [7, 11) is 0. The molecule has 0 N–H and O–H groups in total. The van der Waals surface area contributed by atoms with Gasteiger partial charge in [0.1, 0.15) is 0 Å². The van der Waals surface area contributed by atoms with Crippen LogP contribution in [0.5, 0.6) is 0 Å². The van der Waals surface area contributed by atoms with Crippen molar-refractivity contribution in [2.24, 2.45) is 17.3 Å². The first-order valence-corrected chi connectivity index (χ1v) is 5.74. The highest BCUT2D eigenvalue weighted by Gasteiger charge is 2.43. The number of carbonyl (C=O) groups excluding carboxylic acids is 1. The lowest BCUT2D eigenvalue weighted by Gasteiger charge is -2.45. The first-order valence-electron chi connectivity index (χ1n) is 5.74. The molecular weight excluding hydrogens is 172 g/mol. The van der Waals surface area contributed by atoms with Crippen LogP contribution < -0.4 is 0 Å². The molecular formula is C13H20O. The average Bonchev–Trinajstić information content (AvgIpc) is 2.15. The number of rotatable bonds is 0. The van der Waals surface area contributed by atoms with E-state index < -0.39 is 0 Å². The number of Topliss-reactive ketones (excluding diaryl/α,β-unsaturated/α-hetero) is 1. The summed E-state index contributed by atoms with van der Waals surface area (Å²) in [6.45, 7) is 6.72. The van der Waals surface area contributed by atoms with E-state index >= 15 is 0 Å². The first kappa shape index (κ1) is 9.95. The molecule has 2 atom stereocenters. The Bertz CT molecular complexity index is 286. The second-order valence-electron chi connectivity index (χ2n) is 5.54. The van der Waals surface area contributed by atoms with Crippen molar-refractivity contribution in [3.63, 3.8) is 0 Å². The van der Waals surface area contributed by atoms with Gasteiger partial charge in [-0.1, -0.05) is 19.9 Å². The van der Waals surface area contributed by atoms with Crippen molar-refractivity contribution in [2.75, 3.05) is 0 Å². The van der Waals surface area contributed by atoms with Gasteiger partial charge < -0.3 is 0 Å². The van der Waals surface area contributed by atoms with Crippen LogP contribution in [0.15, 0.2) is 11.6 Å². The van der Waals surface area contributed by atoms with Crippen LogP contribution in [-0.4, -0.2) is 5.78 Å². The molecule has 2 fully saturated rings. The van der Waals surface area contributed by atoms with Gasteiger partial charge in [-0.3, -0.25) is 4.79 Å². The highest BCUT2D eigenvalue weighted by Crippen LogP contribution is 2.49. The molecule has 0 aliphatic heterocycles. The third kappa shape index (κ3) is 1.43. The van der Waals surface area contributed by atoms with E-state index in [1.54, 1.807) is 0 Å². The van der Waals surface area contributed by atoms with Gasteiger partial charge >= 0.3 is 0 Å². The van der Waals surface area contributed by atoms with Gasteiger partial charge in [0, 0.05) is 5.92 Å². The number of hydrogen-bond acceptors (Lipinski definition) is 1. The van der Waals surface area contributed by atoms with E-state index in [2.05, 4.69) is 13.8 Å². The molecule has 2 aliphatic carbocycles. The topological polar surface area (TPSA) is 17.1 Å². The Morgan fingerprint density at radius 1 is 1.43 bits per heavy atom. The molecule has 0 radical (unpaired) electrons. The Hall–Kier alpha value is -0.590. The summed E-state index contributed by atoms with van der Waals surface area (Å²) in [5, 5.41) is 0. The highest BCUT2D eigenvalue weighted by atomic mass is 16.1. The standard InChI is InChI=1S/C13H20O/c1-4-9-7-11-8-10(12(9)14)5-6-13(11,2)3/h4,10-11H,5-8H2,1-3H3/b9-4+/t10-,11+/m1/s1. The Labute approximate surface area is 86.6 Å². The lowest BCUT2D eigenvalue weighted by atomic mass is 9.58. The largest absolute Gasteiger partial charge is 0.294 e. The van der Waals surface area contributed by atoms with E-state index in [0.29, 0.717) is 17.1 Å². The van der Waals surface area contributed by atoms with Crippen molar-refractivity contribution in [1.29, 1.82) is 0 Å². The fourth-order valence-electron chi connectivity index (χ4n) is 3.02. The summed E-state index contributed by atoms with van der Waals surface area (Å²) in [5.74, 6) is 1.54. The molecule has 1 nitrogen and oxygen atoms in total. The maximum absolute atomic E-state index is 11.9. The maximum atomic E-state index is 11.9. The normalized spacial score (nSPS) is 38.8. The van der Waals surface area contributed by atoms with Gasteiger partial charge in [0.25, 0.3) is 0 Å². The molecule has 2 rings (SSSR count). The van der Waals surface area contributed by atoms with Gasteiger partial charge in [0.05, 0.1) is 0 Å². The third-order valence-electron chi connectivity index (χ3n) is 4.31. The summed E-state index contributed by atoms with van der Waals surface area (Å²) in [6, 6.07) is 0. The maximum Gasteiger partial charge on any atom is 0.161 e. The summed E-state index contributed by atoms with van der Waals surface area (Å²) >= 11 is 0. The van der Waals surface area contributed by atoms with E-state index in [-0.39, 0.29) is 0 Å². The summed E-state index contributed by atoms with van der Waals surface area (Å²) < 4.78 is 0. The van der Waals surface area contributed by atoms with Crippen LogP contribution >= 0.6 is 0 Å². The SMILES string of the molecule is C/C=C1\C[C@H]2C[C@@H](CCC2(C)C)C1=O. The van der Waals surface area contributed by atoms with Gasteiger partial charge in [-0.15, -0.1) is 0 Å². The molecule has 1 heteroatoms. The van der Waals surface area contributed by atoms with Crippen molar-refractivity contribution in [3.8, 4) is 0 Å². The van der Waals surface area contributed by atoms with Gasteiger partial charge in [-0.25, -0.2) is 0 Å². The van der Waals surface area contributed by atoms with Crippen molar-refractivity contribution >= 4 is 5.78 Å². The first-order chi connectivity index (χ1) is 6.54. The number of ketones is 1. The molecule has 78 valence electrons. The highest BCUT2D eigenvalue weighted by molar-refractivity contribution is 5.98. The van der Waals surface area contributed by atoms with Crippen molar-refractivity contribution in [2.45, 2.75) is 46.5 Å². The number of allylic oxidation sites excluding steroid dienone is 2. The zero-order chi connectivity index (χ0) is 10.3. The number of hydrogen-bond donors (Lipinski definition) is 0. The zero-order valence-electron chi connectivity index (χ0n) is 9.47. The molecule has 14 heavy (non-hydrogen) atoms. The Kier molecular flexibility index (Phi) is 2.29. The van der Waals surface area contributed by atoms with Crippen molar-refractivity contribution < 1.29 is 4.79 Å². The van der Waals surface area contributed by atoms with Crippen LogP contribution in [0.25, 0.3) is 0 Å². The van der Waals surface area contributed by atoms with E-state index in [0.717, 1.165) is 30.8 Å². The molecule has 0 saturated heterocycles. The second kappa shape index (κ2) is 3.22. The van der Waals surface area contributed by atoms with Gasteiger partial charge in [0.15, 0.2) is 5.78 Å². The molecule has 0 spiro atoms. The fourth-order valence-corrected chi connectivity index (χ4v) is 3.02. The van der Waals surface area contributed by atoms with Crippen molar-refractivity contribution in [1.82, 2.24) is 0 Å². The molecule has 2 bridgehead atoms. The molecule has 0 aromatic rings. The van der Waals surface area contributed by atoms with E-state index in [4.69, 9.17) is 0 Å². The van der Waals surface area contributed by atoms with Crippen molar-refractivity contribution in [3.05, 3.63) is 11.6 Å². The van der Waals surface area contributed by atoms with Gasteiger partial charge in [-0.2, -0.15) is 0 Å². The summed E-state index contributed by atoms with van der Waals surface area (Å²) in [6.07, 6.45) is 6.54. The molecule has 0 amide bonds. The van der Waals surface area contributed by atoms with E-state index in [9.17, 15) is 4.79 Å². The van der Waals surface area contributed by atoms with E-state index in [1.165, 1.54) is 6.42 Å². The fraction of sp³-hybridized carbons (Fsp3) is 0.769. The van der Waals surface area contributed by atoms with Crippen LogP contribution in [0.1, 0.15) is 46.5 Å². The monoisotopic (exact) mass is 192 g/mol. The predicted molar refractivity (Wildman–Crippen MR) is 58.0 cm³/mol. The Morgan fingerprint density at radius 2 is 2.14 bits per heavy atom. The molecule has 0 unspecified atom stereocenters. The molecule has 2 saturated carbocycles. The summed E-state index contributed by atoms with van der Waals surface area (Å²) in [4.78, 5) is 11.9. The molecule has 0 aromatic carbocycles. The summed E-state index contributed by atoms with van der Waals surface area (Å²) in [5.41, 5.74) is 1.55. The molecule has 2 aliphatic rings. The van der Waals surface area contributed by atoms with E-state index in [1.807, 2.05) is 13.0 Å². The number of carbonyl (C=O) groups is 1. The van der Waals surface area contributed by atoms with Crippen LogP contribution in [-0.2, 0) is 4.79 Å².